The molecular formula is C25H42O6S. The first-order chi connectivity index (χ1) is 15.3. The van der Waals surface area contributed by atoms with Crippen LogP contribution in [-0.4, -0.2) is 49.7 Å². The zero-order chi connectivity index (χ0) is 23.4. The molecule has 1 fully saturated rings. The summed E-state index contributed by atoms with van der Waals surface area (Å²) in [5.41, 5.74) is 0.980. The summed E-state index contributed by atoms with van der Waals surface area (Å²) in [5, 5.41) is 20.4. The first kappa shape index (κ1) is 27.3. The van der Waals surface area contributed by atoms with Crippen LogP contribution in [0.15, 0.2) is 29.2 Å². The van der Waals surface area contributed by atoms with Gasteiger partial charge in [0.25, 0.3) is 10.1 Å². The van der Waals surface area contributed by atoms with Gasteiger partial charge in [-0.1, -0.05) is 82.4 Å². The maximum Gasteiger partial charge on any atom is 0.297 e. The smallest absolute Gasteiger partial charge is 0.297 e. The summed E-state index contributed by atoms with van der Waals surface area (Å²) >= 11 is 0. The molecule has 1 aromatic rings. The van der Waals surface area contributed by atoms with Gasteiger partial charge >= 0.3 is 0 Å². The summed E-state index contributed by atoms with van der Waals surface area (Å²) in [7, 11) is -3.79. The van der Waals surface area contributed by atoms with E-state index in [1.54, 1.807) is 12.1 Å². The van der Waals surface area contributed by atoms with Crippen LogP contribution in [0.4, 0.5) is 0 Å². The second-order valence-electron chi connectivity index (χ2n) is 9.09. The summed E-state index contributed by atoms with van der Waals surface area (Å²) in [6, 6.07) is 6.52. The third-order valence-electron chi connectivity index (χ3n) is 6.18. The molecule has 4 atom stereocenters. The molecule has 0 saturated carbocycles. The van der Waals surface area contributed by atoms with Crippen molar-refractivity contribution in [2.24, 2.45) is 0 Å². The van der Waals surface area contributed by atoms with Gasteiger partial charge in [0.2, 0.25) is 0 Å². The standard InChI is InChI=1S/C25H42O6S/c1-3-4-5-6-7-8-9-10-11-12-22(26)23(27)17-18-24-25(31-24)19-30-32(28,29)21-15-13-20(2)14-16-21/h13-16,22-27H,3-12,17-19H2,1-2H3/t22-,23-,24+,25+/m0/s1. The van der Waals surface area contributed by atoms with Crippen LogP contribution in [0.25, 0.3) is 0 Å². The molecule has 1 aromatic carbocycles. The van der Waals surface area contributed by atoms with Crippen LogP contribution in [0.5, 0.6) is 0 Å². The Bertz CT molecular complexity index is 733. The molecule has 184 valence electrons. The van der Waals surface area contributed by atoms with Crippen molar-refractivity contribution in [1.29, 1.82) is 0 Å². The number of aryl methyl sites for hydroxylation is 1. The van der Waals surface area contributed by atoms with Crippen LogP contribution in [-0.2, 0) is 19.0 Å². The molecule has 1 saturated heterocycles. The summed E-state index contributed by atoms with van der Waals surface area (Å²) in [6.45, 7) is 4.09. The van der Waals surface area contributed by atoms with Crippen LogP contribution in [0.3, 0.4) is 0 Å². The molecule has 0 spiro atoms. The highest BCUT2D eigenvalue weighted by atomic mass is 32.2. The van der Waals surface area contributed by atoms with Crippen LogP contribution in [0.2, 0.25) is 0 Å². The van der Waals surface area contributed by atoms with Crippen molar-refractivity contribution in [3.63, 3.8) is 0 Å². The number of epoxide rings is 1. The molecule has 1 heterocycles. The van der Waals surface area contributed by atoms with Gasteiger partial charge in [0, 0.05) is 0 Å². The predicted molar refractivity (Wildman–Crippen MR) is 126 cm³/mol. The monoisotopic (exact) mass is 470 g/mol. The average Bonchev–Trinajstić information content (AvgIpc) is 3.53. The molecule has 0 amide bonds. The fourth-order valence-electron chi connectivity index (χ4n) is 3.89. The van der Waals surface area contributed by atoms with E-state index in [1.165, 1.54) is 57.1 Å². The van der Waals surface area contributed by atoms with Gasteiger partial charge < -0.3 is 14.9 Å². The van der Waals surface area contributed by atoms with Crippen molar-refractivity contribution in [1.82, 2.24) is 0 Å². The van der Waals surface area contributed by atoms with E-state index in [1.807, 2.05) is 6.92 Å². The molecule has 2 rings (SSSR count). The van der Waals surface area contributed by atoms with E-state index >= 15 is 0 Å². The second-order valence-corrected chi connectivity index (χ2v) is 10.7. The molecular weight excluding hydrogens is 428 g/mol. The van der Waals surface area contributed by atoms with Gasteiger partial charge in [0.05, 0.1) is 29.8 Å². The molecule has 0 bridgehead atoms. The lowest BCUT2D eigenvalue weighted by atomic mass is 10.00. The van der Waals surface area contributed by atoms with E-state index in [9.17, 15) is 18.6 Å². The molecule has 0 unspecified atom stereocenters. The molecule has 2 N–H and O–H groups in total. The van der Waals surface area contributed by atoms with E-state index in [2.05, 4.69) is 6.92 Å². The Labute approximate surface area is 194 Å². The van der Waals surface area contributed by atoms with Gasteiger partial charge in [0.15, 0.2) is 0 Å². The van der Waals surface area contributed by atoms with E-state index in [-0.39, 0.29) is 23.7 Å². The molecule has 1 aliphatic heterocycles. The lowest BCUT2D eigenvalue weighted by Gasteiger charge is -2.17. The van der Waals surface area contributed by atoms with Crippen molar-refractivity contribution >= 4 is 10.1 Å². The minimum Gasteiger partial charge on any atom is -0.390 e. The number of rotatable bonds is 18. The topological polar surface area (TPSA) is 96.4 Å². The molecule has 1 aliphatic rings. The molecule has 32 heavy (non-hydrogen) atoms. The summed E-state index contributed by atoms with van der Waals surface area (Å²) in [4.78, 5) is 0.135. The van der Waals surface area contributed by atoms with Gasteiger partial charge in [-0.3, -0.25) is 4.18 Å². The fraction of sp³-hybridized carbons (Fsp3) is 0.760. The highest BCUT2D eigenvalue weighted by molar-refractivity contribution is 7.86. The summed E-state index contributed by atoms with van der Waals surface area (Å²) in [6.07, 6.45) is 10.8. The quantitative estimate of drug-likeness (QED) is 0.180. The zero-order valence-corrected chi connectivity index (χ0v) is 20.6. The van der Waals surface area contributed by atoms with Crippen LogP contribution in [0, 0.1) is 6.92 Å². The third-order valence-corrected chi connectivity index (χ3v) is 7.48. The van der Waals surface area contributed by atoms with E-state index in [0.717, 1.165) is 18.4 Å². The number of benzene rings is 1. The van der Waals surface area contributed by atoms with E-state index in [0.29, 0.717) is 19.3 Å². The molecule has 0 radical (unpaired) electrons. The van der Waals surface area contributed by atoms with Gasteiger partial charge in [-0.05, 0) is 38.3 Å². The number of aliphatic hydroxyl groups excluding tert-OH is 2. The normalized spacial score (nSPS) is 20.2. The van der Waals surface area contributed by atoms with Crippen molar-refractivity contribution in [3.8, 4) is 0 Å². The van der Waals surface area contributed by atoms with Gasteiger partial charge in [-0.15, -0.1) is 0 Å². The van der Waals surface area contributed by atoms with E-state index < -0.39 is 22.3 Å². The highest BCUT2D eigenvalue weighted by Crippen LogP contribution is 2.29. The maximum absolute atomic E-state index is 12.2. The Morgan fingerprint density at radius 3 is 2.06 bits per heavy atom. The zero-order valence-electron chi connectivity index (χ0n) is 19.7. The molecule has 7 heteroatoms. The number of ether oxygens (including phenoxy) is 1. The number of unbranched alkanes of at least 4 members (excludes halogenated alkanes) is 8. The minimum atomic E-state index is -3.79. The Kier molecular flexibility index (Phi) is 12.2. The van der Waals surface area contributed by atoms with Crippen LogP contribution >= 0.6 is 0 Å². The third kappa shape index (κ3) is 10.3. The molecule has 0 aromatic heterocycles. The minimum absolute atomic E-state index is 0.0298. The average molecular weight is 471 g/mol. The largest absolute Gasteiger partial charge is 0.390 e. The van der Waals surface area contributed by atoms with Crippen LogP contribution < -0.4 is 0 Å². The Balaban J connectivity index is 1.51. The fourth-order valence-corrected chi connectivity index (χ4v) is 4.81. The molecule has 0 aliphatic carbocycles. The second kappa shape index (κ2) is 14.3. The predicted octanol–water partition coefficient (Wildman–Crippen LogP) is 4.89. The SMILES string of the molecule is CCCCCCCCCCC[C@H](O)[C@@H](O)CC[C@H]1O[C@@H]1COS(=O)(=O)c1ccc(C)cc1. The van der Waals surface area contributed by atoms with Crippen molar-refractivity contribution in [3.05, 3.63) is 29.8 Å². The van der Waals surface area contributed by atoms with E-state index in [4.69, 9.17) is 8.92 Å². The summed E-state index contributed by atoms with van der Waals surface area (Å²) in [5.74, 6) is 0. The Hall–Kier alpha value is -0.990. The molecule has 6 nitrogen and oxygen atoms in total. The van der Waals surface area contributed by atoms with Crippen molar-refractivity contribution in [2.45, 2.75) is 120 Å². The summed E-state index contributed by atoms with van der Waals surface area (Å²) < 4.78 is 35.0. The van der Waals surface area contributed by atoms with Gasteiger partial charge in [0.1, 0.15) is 6.10 Å². The number of hydrogen-bond acceptors (Lipinski definition) is 6. The Morgan fingerprint density at radius 1 is 0.875 bits per heavy atom. The first-order valence-corrected chi connectivity index (χ1v) is 13.7. The van der Waals surface area contributed by atoms with Gasteiger partial charge in [-0.25, -0.2) is 0 Å². The van der Waals surface area contributed by atoms with Crippen LogP contribution in [0.1, 0.15) is 89.5 Å². The highest BCUT2D eigenvalue weighted by Gasteiger charge is 2.40. The lowest BCUT2D eigenvalue weighted by Crippen LogP contribution is -2.26. The van der Waals surface area contributed by atoms with Crippen molar-refractivity contribution < 1.29 is 27.6 Å². The lowest BCUT2D eigenvalue weighted by molar-refractivity contribution is 0.00647. The number of aliphatic hydroxyl groups is 2. The van der Waals surface area contributed by atoms with Gasteiger partial charge in [-0.2, -0.15) is 8.42 Å². The number of hydrogen-bond donors (Lipinski definition) is 2. The maximum atomic E-state index is 12.2. The first-order valence-electron chi connectivity index (χ1n) is 12.3. The Morgan fingerprint density at radius 2 is 1.44 bits per heavy atom. The van der Waals surface area contributed by atoms with Crippen molar-refractivity contribution in [2.75, 3.05) is 6.61 Å².